The Morgan fingerprint density at radius 1 is 0.742 bits per heavy atom. The molecule has 4 rings (SSSR count). The van der Waals surface area contributed by atoms with E-state index >= 15 is 0 Å². The van der Waals surface area contributed by atoms with E-state index in [4.69, 9.17) is 14.2 Å². The van der Waals surface area contributed by atoms with Crippen LogP contribution in [0.2, 0.25) is 0 Å². The summed E-state index contributed by atoms with van der Waals surface area (Å²) in [6.07, 6.45) is 7.20. The van der Waals surface area contributed by atoms with E-state index in [0.717, 1.165) is 12.8 Å². The van der Waals surface area contributed by atoms with Gasteiger partial charge in [-0.25, -0.2) is 0 Å². The molecule has 0 heterocycles. The molecule has 0 aromatic carbocycles. The van der Waals surface area contributed by atoms with Crippen LogP contribution in [0.3, 0.4) is 0 Å². The van der Waals surface area contributed by atoms with Crippen molar-refractivity contribution in [1.82, 2.24) is 0 Å². The minimum absolute atomic E-state index is 0.0323. The Hall–Kier alpha value is -1.85. The van der Waals surface area contributed by atoms with E-state index in [1.807, 2.05) is 41.5 Å². The number of carbonyl (C=O) groups is 3. The van der Waals surface area contributed by atoms with Gasteiger partial charge in [-0.15, -0.1) is 0 Å². The second-order valence-electron chi connectivity index (χ2n) is 11.9. The molecule has 0 aromatic heterocycles. The van der Waals surface area contributed by atoms with Gasteiger partial charge >= 0.3 is 17.9 Å². The third kappa shape index (κ3) is 4.54. The zero-order valence-electron chi connectivity index (χ0n) is 19.6. The Balaban J connectivity index is 1.50. The number of allylic oxidation sites excluding steroid dienone is 2. The number of rotatable bonds is 4. The third-order valence-corrected chi connectivity index (χ3v) is 7.15. The fourth-order valence-electron chi connectivity index (χ4n) is 6.13. The van der Waals surface area contributed by atoms with Gasteiger partial charge in [-0.05, 0) is 85.0 Å². The summed E-state index contributed by atoms with van der Waals surface area (Å²) < 4.78 is 17.3. The second kappa shape index (κ2) is 7.63. The highest BCUT2D eigenvalue weighted by Gasteiger charge is 2.61. The van der Waals surface area contributed by atoms with E-state index in [1.54, 1.807) is 0 Å². The van der Waals surface area contributed by atoms with Gasteiger partial charge in [0.15, 0.2) is 0 Å². The number of ether oxygens (including phenoxy) is 3. The van der Waals surface area contributed by atoms with E-state index in [2.05, 4.69) is 12.2 Å². The van der Waals surface area contributed by atoms with Crippen molar-refractivity contribution in [3.63, 3.8) is 0 Å². The van der Waals surface area contributed by atoms with Crippen LogP contribution in [0, 0.1) is 41.4 Å². The zero-order chi connectivity index (χ0) is 22.7. The summed E-state index contributed by atoms with van der Waals surface area (Å²) in [5, 5.41) is 0. The topological polar surface area (TPSA) is 78.9 Å². The highest BCUT2D eigenvalue weighted by atomic mass is 16.6. The van der Waals surface area contributed by atoms with Gasteiger partial charge in [-0.3, -0.25) is 14.4 Å². The van der Waals surface area contributed by atoms with Gasteiger partial charge in [0.2, 0.25) is 0 Å². The second-order valence-corrected chi connectivity index (χ2v) is 11.9. The summed E-state index contributed by atoms with van der Waals surface area (Å²) >= 11 is 0. The summed E-state index contributed by atoms with van der Waals surface area (Å²) in [5.74, 6) is -1.59. The molecule has 31 heavy (non-hydrogen) atoms. The molecule has 172 valence electrons. The fraction of sp³-hybridized carbons (Fsp3) is 0.800. The Bertz CT molecular complexity index is 785. The maximum absolute atomic E-state index is 13.1. The van der Waals surface area contributed by atoms with E-state index in [0.29, 0.717) is 18.8 Å². The smallest absolute Gasteiger partial charge is 0.310 e. The fourth-order valence-corrected chi connectivity index (χ4v) is 6.13. The number of esters is 3. The molecule has 6 heteroatoms. The molecule has 6 nitrogen and oxygen atoms in total. The maximum Gasteiger partial charge on any atom is 0.310 e. The summed E-state index contributed by atoms with van der Waals surface area (Å²) in [4.78, 5) is 39.1. The van der Waals surface area contributed by atoms with Crippen molar-refractivity contribution in [3.05, 3.63) is 12.2 Å². The number of carbonyl (C=O) groups excluding carboxylic acids is 3. The first-order chi connectivity index (χ1) is 14.3. The first-order valence-electron chi connectivity index (χ1n) is 11.7. The van der Waals surface area contributed by atoms with Gasteiger partial charge < -0.3 is 14.2 Å². The van der Waals surface area contributed by atoms with Crippen molar-refractivity contribution in [1.29, 1.82) is 0 Å². The van der Waals surface area contributed by atoms with Crippen LogP contribution >= 0.6 is 0 Å². The van der Waals surface area contributed by atoms with Crippen LogP contribution in [-0.4, -0.2) is 35.2 Å². The van der Waals surface area contributed by atoms with Crippen LogP contribution in [0.25, 0.3) is 0 Å². The quantitative estimate of drug-likeness (QED) is 0.379. The van der Waals surface area contributed by atoms with Crippen LogP contribution in [0.1, 0.15) is 67.2 Å². The lowest BCUT2D eigenvalue weighted by molar-refractivity contribution is -0.181. The Labute approximate surface area is 185 Å². The Morgan fingerprint density at radius 2 is 1.35 bits per heavy atom. The highest BCUT2D eigenvalue weighted by molar-refractivity contribution is 5.84. The molecular formula is C25H36O6. The van der Waals surface area contributed by atoms with Crippen molar-refractivity contribution < 1.29 is 28.6 Å². The lowest BCUT2D eigenvalue weighted by Gasteiger charge is -2.36. The molecule has 4 aliphatic carbocycles. The molecule has 8 atom stereocenters. The summed E-state index contributed by atoms with van der Waals surface area (Å²) in [6.45, 7) is 10.9. The highest BCUT2D eigenvalue weighted by Crippen LogP contribution is 2.55. The lowest BCUT2D eigenvalue weighted by Crippen LogP contribution is -2.46. The van der Waals surface area contributed by atoms with Gasteiger partial charge in [0.1, 0.15) is 17.3 Å². The molecule has 0 N–H and O–H groups in total. The van der Waals surface area contributed by atoms with Crippen LogP contribution < -0.4 is 0 Å². The largest absolute Gasteiger partial charge is 0.462 e. The van der Waals surface area contributed by atoms with Crippen LogP contribution in [0.5, 0.6) is 0 Å². The Kier molecular flexibility index (Phi) is 5.50. The molecule has 4 bridgehead atoms. The van der Waals surface area contributed by atoms with E-state index in [9.17, 15) is 14.4 Å². The summed E-state index contributed by atoms with van der Waals surface area (Å²) in [7, 11) is 0. The van der Waals surface area contributed by atoms with Crippen molar-refractivity contribution in [2.75, 3.05) is 0 Å². The van der Waals surface area contributed by atoms with Gasteiger partial charge in [-0.1, -0.05) is 12.2 Å². The number of fused-ring (bicyclic) bond motifs is 4. The van der Waals surface area contributed by atoms with E-state index in [-0.39, 0.29) is 47.7 Å². The van der Waals surface area contributed by atoms with Gasteiger partial charge in [0, 0.05) is 5.92 Å². The third-order valence-electron chi connectivity index (χ3n) is 7.15. The number of hydrogen-bond acceptors (Lipinski definition) is 6. The molecule has 3 saturated carbocycles. The van der Waals surface area contributed by atoms with Crippen molar-refractivity contribution >= 4 is 17.9 Å². The van der Waals surface area contributed by atoms with Gasteiger partial charge in [0.25, 0.3) is 0 Å². The minimum Gasteiger partial charge on any atom is -0.462 e. The molecule has 3 fully saturated rings. The summed E-state index contributed by atoms with van der Waals surface area (Å²) in [6, 6.07) is 0. The lowest BCUT2D eigenvalue weighted by atomic mass is 9.77. The van der Waals surface area contributed by atoms with Crippen molar-refractivity contribution in [2.45, 2.75) is 84.5 Å². The molecule has 8 unspecified atom stereocenters. The van der Waals surface area contributed by atoms with Gasteiger partial charge in [0.05, 0.1) is 17.8 Å². The van der Waals surface area contributed by atoms with Crippen molar-refractivity contribution in [3.8, 4) is 0 Å². The standard InChI is InChI=1S/C25H36O6/c1-24(2,3)30-22(27)19-15-11-17(20(19)23(28)31-25(4,5)6)18(12-15)29-21(26)16-10-13-7-8-14(16)9-13/h7-8,13-20H,9-12H2,1-6H3. The van der Waals surface area contributed by atoms with Crippen LogP contribution in [0.15, 0.2) is 12.2 Å². The van der Waals surface area contributed by atoms with Gasteiger partial charge in [-0.2, -0.15) is 0 Å². The first-order valence-corrected chi connectivity index (χ1v) is 11.7. The van der Waals surface area contributed by atoms with E-state index in [1.165, 1.54) is 0 Å². The number of hydrogen-bond donors (Lipinski definition) is 0. The predicted molar refractivity (Wildman–Crippen MR) is 114 cm³/mol. The maximum atomic E-state index is 13.1. The molecule has 0 spiro atoms. The minimum atomic E-state index is -0.654. The first kappa shape index (κ1) is 22.3. The Morgan fingerprint density at radius 3 is 1.87 bits per heavy atom. The molecule has 4 aliphatic rings. The molecule has 0 radical (unpaired) electrons. The normalized spacial score (nSPS) is 38.4. The van der Waals surface area contributed by atoms with Crippen LogP contribution in [0.4, 0.5) is 0 Å². The molecule has 0 amide bonds. The molecule has 0 saturated heterocycles. The monoisotopic (exact) mass is 432 g/mol. The molecule has 0 aliphatic heterocycles. The average Bonchev–Trinajstić information content (AvgIpc) is 3.37. The van der Waals surface area contributed by atoms with E-state index < -0.39 is 23.0 Å². The summed E-state index contributed by atoms with van der Waals surface area (Å²) in [5.41, 5.74) is -1.28. The average molecular weight is 433 g/mol. The van der Waals surface area contributed by atoms with Crippen molar-refractivity contribution in [2.24, 2.45) is 41.4 Å². The molecule has 0 aromatic rings. The SMILES string of the molecule is CC(C)(C)OC(=O)C1C2CC(OC(=O)C3CC4C=CC3C4)C(C2)C1C(=O)OC(C)(C)C. The predicted octanol–water partition coefficient (Wildman–Crippen LogP) is 4.07. The van der Waals surface area contributed by atoms with Crippen LogP contribution in [-0.2, 0) is 28.6 Å². The zero-order valence-corrected chi connectivity index (χ0v) is 19.6. The molecular weight excluding hydrogens is 396 g/mol.